The molecule has 0 aromatic heterocycles. The molecule has 0 saturated heterocycles. The third-order valence-corrected chi connectivity index (χ3v) is 8.57. The van der Waals surface area contributed by atoms with Gasteiger partial charge in [0.05, 0.1) is 10.6 Å². The minimum Gasteiger partial charge on any atom is -0.480 e. The molecule has 0 fully saturated rings. The largest absolute Gasteiger partial charge is 0.534 e. The summed E-state index contributed by atoms with van der Waals surface area (Å²) in [7, 11) is -10.7. The van der Waals surface area contributed by atoms with Gasteiger partial charge in [0, 0.05) is 20.8 Å². The van der Waals surface area contributed by atoms with E-state index in [9.17, 15) is 39.9 Å². The van der Waals surface area contributed by atoms with E-state index in [-0.39, 0.29) is 32.9 Å². The summed E-state index contributed by atoms with van der Waals surface area (Å²) in [6, 6.07) is 8.87. The first-order valence-electron chi connectivity index (χ1n) is 10.9. The zero-order chi connectivity index (χ0) is 28.5. The van der Waals surface area contributed by atoms with Crippen LogP contribution >= 0.6 is 23.2 Å². The number of carboxylic acids is 1. The smallest absolute Gasteiger partial charge is 0.480 e. The van der Waals surface area contributed by atoms with Crippen LogP contribution in [0.2, 0.25) is 10.0 Å². The highest BCUT2D eigenvalue weighted by molar-refractivity contribution is 7.93. The number of alkyl halides is 3. The molecule has 0 aliphatic heterocycles. The predicted octanol–water partition coefficient (Wildman–Crippen LogP) is 6.21. The second kappa shape index (κ2) is 11.2. The molecule has 206 valence electrons. The van der Waals surface area contributed by atoms with Gasteiger partial charge in [-0.15, -0.1) is 0 Å². The van der Waals surface area contributed by atoms with Crippen LogP contribution in [-0.4, -0.2) is 39.5 Å². The zero-order valence-corrected chi connectivity index (χ0v) is 22.6. The third kappa shape index (κ3) is 6.11. The molecule has 3 aromatic carbocycles. The average Bonchev–Trinajstić information content (AvgIpc) is 2.80. The van der Waals surface area contributed by atoms with Crippen LogP contribution in [0.15, 0.2) is 59.5 Å². The van der Waals surface area contributed by atoms with Crippen molar-refractivity contribution in [2.24, 2.45) is 0 Å². The molecule has 1 N–H and O–H groups in total. The molecule has 3 rings (SSSR count). The average molecular weight is 614 g/mol. The molecule has 0 aliphatic rings. The van der Waals surface area contributed by atoms with Gasteiger partial charge in [0.2, 0.25) is 0 Å². The Labute approximate surface area is 226 Å². The maximum absolute atomic E-state index is 13.9. The molecule has 1 unspecified atom stereocenters. The number of rotatable bonds is 10. The van der Waals surface area contributed by atoms with Crippen molar-refractivity contribution in [2.75, 3.05) is 4.31 Å². The van der Waals surface area contributed by atoms with Crippen LogP contribution in [0.3, 0.4) is 0 Å². The fourth-order valence-electron chi connectivity index (χ4n) is 3.69. The van der Waals surface area contributed by atoms with Gasteiger partial charge in [0.25, 0.3) is 10.0 Å². The van der Waals surface area contributed by atoms with Crippen molar-refractivity contribution in [3.63, 3.8) is 0 Å². The van der Waals surface area contributed by atoms with Gasteiger partial charge in [0.15, 0.2) is 5.75 Å². The number of hydrogen-bond donors (Lipinski definition) is 1. The summed E-state index contributed by atoms with van der Waals surface area (Å²) in [4.78, 5) is 11.9. The maximum atomic E-state index is 13.9. The summed E-state index contributed by atoms with van der Waals surface area (Å²) in [6.45, 7) is 1.77. The summed E-state index contributed by atoms with van der Waals surface area (Å²) in [6.07, 6.45) is 0.736. The van der Waals surface area contributed by atoms with Gasteiger partial charge >= 0.3 is 21.6 Å². The van der Waals surface area contributed by atoms with Crippen molar-refractivity contribution in [1.29, 1.82) is 0 Å². The van der Waals surface area contributed by atoms with Gasteiger partial charge in [0.1, 0.15) is 6.04 Å². The summed E-state index contributed by atoms with van der Waals surface area (Å²) in [5.74, 6) is -2.22. The van der Waals surface area contributed by atoms with Gasteiger partial charge in [-0.3, -0.25) is 4.31 Å². The Hall–Kier alpha value is -2.74. The standard InChI is InChI=1S/C23H20Cl2F3NO7S2/c1-2-3-8-20(22(30)31)29(37(32,33)16-12-14(24)11-15(25)13-16)19-9-4-7-18-17(19)6-5-10-21(18)36-38(34,35)23(26,27)28/h4-7,9-13,20H,2-3,8H2,1H3,(H,30,31). The Morgan fingerprint density at radius 3 is 2.13 bits per heavy atom. The van der Waals surface area contributed by atoms with E-state index in [1.807, 2.05) is 0 Å². The number of aliphatic carboxylic acids is 1. The molecular formula is C23H20Cl2F3NO7S2. The molecule has 38 heavy (non-hydrogen) atoms. The first-order valence-corrected chi connectivity index (χ1v) is 14.5. The quantitative estimate of drug-likeness (QED) is 0.213. The van der Waals surface area contributed by atoms with Crippen molar-refractivity contribution in [2.45, 2.75) is 42.6 Å². The second-order valence-corrected chi connectivity index (χ2v) is 12.2. The lowest BCUT2D eigenvalue weighted by atomic mass is 10.1. The van der Waals surface area contributed by atoms with Crippen molar-refractivity contribution in [3.8, 4) is 5.75 Å². The number of anilines is 1. The number of halogens is 5. The van der Waals surface area contributed by atoms with Crippen LogP contribution in [0.1, 0.15) is 26.2 Å². The summed E-state index contributed by atoms with van der Waals surface area (Å²) in [5.41, 5.74) is -5.96. The molecule has 1 atom stereocenters. The van der Waals surface area contributed by atoms with Gasteiger partial charge in [-0.2, -0.15) is 21.6 Å². The van der Waals surface area contributed by atoms with E-state index in [2.05, 4.69) is 4.18 Å². The normalized spacial score (nSPS) is 13.3. The second-order valence-electron chi connectivity index (χ2n) is 8.01. The molecule has 0 saturated carbocycles. The number of nitrogens with zero attached hydrogens (tertiary/aromatic N) is 1. The van der Waals surface area contributed by atoms with E-state index in [1.54, 1.807) is 6.92 Å². The number of hydrogen-bond acceptors (Lipinski definition) is 6. The SMILES string of the molecule is CCCCC(C(=O)O)N(c1cccc2c(OS(=O)(=O)C(F)(F)F)cccc12)S(=O)(=O)c1cc(Cl)cc(Cl)c1. The highest BCUT2D eigenvalue weighted by atomic mass is 35.5. The van der Waals surface area contributed by atoms with E-state index in [4.69, 9.17) is 23.2 Å². The van der Waals surface area contributed by atoms with Gasteiger partial charge in [-0.1, -0.05) is 67.2 Å². The Bertz CT molecular complexity index is 1560. The van der Waals surface area contributed by atoms with Crippen LogP contribution in [0.4, 0.5) is 18.9 Å². The van der Waals surface area contributed by atoms with Crippen LogP contribution in [-0.2, 0) is 24.9 Å². The van der Waals surface area contributed by atoms with E-state index in [0.29, 0.717) is 17.1 Å². The Kier molecular flexibility index (Phi) is 8.76. The van der Waals surface area contributed by atoms with Crippen LogP contribution in [0, 0.1) is 0 Å². The fraction of sp³-hybridized carbons (Fsp3) is 0.261. The van der Waals surface area contributed by atoms with Crippen molar-refractivity contribution in [3.05, 3.63) is 64.6 Å². The van der Waals surface area contributed by atoms with E-state index in [1.165, 1.54) is 30.3 Å². The Balaban J connectivity index is 2.33. The molecule has 0 amide bonds. The zero-order valence-electron chi connectivity index (χ0n) is 19.4. The number of carbonyl (C=O) groups is 1. The summed E-state index contributed by atoms with van der Waals surface area (Å²) >= 11 is 12.0. The van der Waals surface area contributed by atoms with E-state index in [0.717, 1.165) is 24.3 Å². The number of benzene rings is 3. The van der Waals surface area contributed by atoms with E-state index < -0.39 is 48.3 Å². The summed E-state index contributed by atoms with van der Waals surface area (Å²) < 4.78 is 94.9. The lowest BCUT2D eigenvalue weighted by Gasteiger charge is -2.31. The molecule has 0 radical (unpaired) electrons. The molecule has 3 aromatic rings. The highest BCUT2D eigenvalue weighted by Gasteiger charge is 2.48. The lowest BCUT2D eigenvalue weighted by molar-refractivity contribution is -0.138. The van der Waals surface area contributed by atoms with Crippen molar-refractivity contribution < 1.29 is 44.1 Å². The van der Waals surface area contributed by atoms with Gasteiger partial charge in [-0.25, -0.2) is 13.2 Å². The minimum absolute atomic E-state index is 0.0394. The molecule has 0 spiro atoms. The molecular weight excluding hydrogens is 594 g/mol. The minimum atomic E-state index is -6.05. The Morgan fingerprint density at radius 2 is 1.58 bits per heavy atom. The first kappa shape index (κ1) is 29.8. The number of sulfonamides is 1. The third-order valence-electron chi connectivity index (χ3n) is 5.37. The van der Waals surface area contributed by atoms with Crippen molar-refractivity contribution in [1.82, 2.24) is 0 Å². The van der Waals surface area contributed by atoms with Crippen LogP contribution in [0.5, 0.6) is 5.75 Å². The number of carboxylic acid groups (broad SMARTS) is 1. The first-order chi connectivity index (χ1) is 17.6. The Morgan fingerprint density at radius 1 is 1.00 bits per heavy atom. The maximum Gasteiger partial charge on any atom is 0.534 e. The molecule has 0 bridgehead atoms. The van der Waals surface area contributed by atoms with Gasteiger partial charge in [-0.05, 0) is 36.8 Å². The predicted molar refractivity (Wildman–Crippen MR) is 137 cm³/mol. The molecule has 0 aliphatic carbocycles. The molecule has 15 heteroatoms. The number of unbranched alkanes of at least 4 members (excludes halogenated alkanes) is 1. The topological polar surface area (TPSA) is 118 Å². The van der Waals surface area contributed by atoms with E-state index >= 15 is 0 Å². The lowest BCUT2D eigenvalue weighted by Crippen LogP contribution is -2.45. The van der Waals surface area contributed by atoms with Crippen LogP contribution < -0.4 is 8.49 Å². The number of fused-ring (bicyclic) bond motifs is 1. The fourth-order valence-corrected chi connectivity index (χ4v) is 6.55. The van der Waals surface area contributed by atoms with Gasteiger partial charge < -0.3 is 9.29 Å². The molecule has 0 heterocycles. The van der Waals surface area contributed by atoms with Crippen molar-refractivity contribution >= 4 is 65.8 Å². The highest BCUT2D eigenvalue weighted by Crippen LogP contribution is 2.39. The molecule has 8 nitrogen and oxygen atoms in total. The summed E-state index contributed by atoms with van der Waals surface area (Å²) in [5, 5.41) is 9.67. The van der Waals surface area contributed by atoms with Crippen LogP contribution in [0.25, 0.3) is 10.8 Å². The monoisotopic (exact) mass is 613 g/mol.